The van der Waals surface area contributed by atoms with Crippen LogP contribution in [0.5, 0.6) is 0 Å². The Hall–Kier alpha value is -1.76. The molecule has 2 rings (SSSR count). The fraction of sp³-hybridized carbons (Fsp3) is 0. The van der Waals surface area contributed by atoms with Crippen LogP contribution in [0.4, 0.5) is 10.8 Å². The Bertz CT molecular complexity index is 727. The summed E-state index contributed by atoms with van der Waals surface area (Å²) in [6, 6.07) is 5.83. The number of nitrogens with one attached hydrogen (secondary N) is 1. The third-order valence-corrected chi connectivity index (χ3v) is 5.03. The monoisotopic (exact) mass is 333 g/mol. The molecule has 2 aromatic rings. The van der Waals surface area contributed by atoms with Crippen LogP contribution in [-0.4, -0.2) is 23.5 Å². The zero-order valence-electron chi connectivity index (χ0n) is 9.59. The first-order valence-electron chi connectivity index (χ1n) is 4.90. The van der Waals surface area contributed by atoms with Gasteiger partial charge in [-0.25, -0.2) is 13.6 Å². The third kappa shape index (κ3) is 3.63. The Kier molecular flexibility index (Phi) is 4.17. The van der Waals surface area contributed by atoms with E-state index in [1.165, 1.54) is 12.1 Å². The Morgan fingerprint density at radius 2 is 1.95 bits per heavy atom. The number of hydrogen-bond acceptors (Lipinski definition) is 9. The summed E-state index contributed by atoms with van der Waals surface area (Å²) in [5, 5.41) is 22.7. The van der Waals surface area contributed by atoms with Crippen LogP contribution in [0.15, 0.2) is 33.5 Å². The normalized spacial score (nSPS) is 11.2. The second-order valence-corrected chi connectivity index (χ2v) is 6.97. The molecule has 3 N–H and O–H groups in total. The fourth-order valence-corrected chi connectivity index (χ4v) is 3.10. The quantitative estimate of drug-likeness (QED) is 0.472. The number of nitro groups is 1. The Morgan fingerprint density at radius 1 is 1.30 bits per heavy atom. The van der Waals surface area contributed by atoms with Gasteiger partial charge in [0.05, 0.1) is 4.92 Å². The van der Waals surface area contributed by atoms with Crippen LogP contribution in [0.2, 0.25) is 0 Å². The zero-order chi connectivity index (χ0) is 14.8. The molecular weight excluding hydrogens is 326 g/mol. The van der Waals surface area contributed by atoms with Crippen LogP contribution in [0, 0.1) is 10.1 Å². The minimum Gasteiger partial charge on any atom is -0.300 e. The van der Waals surface area contributed by atoms with Gasteiger partial charge in [-0.15, -0.1) is 10.2 Å². The lowest BCUT2D eigenvalue weighted by molar-refractivity contribution is -0.384. The molecule has 106 valence electrons. The Morgan fingerprint density at radius 3 is 2.45 bits per heavy atom. The maximum Gasteiger partial charge on any atom is 0.269 e. The number of anilines is 1. The van der Waals surface area contributed by atoms with Gasteiger partial charge in [-0.2, -0.15) is 0 Å². The van der Waals surface area contributed by atoms with Crippen molar-refractivity contribution in [3.8, 4) is 0 Å². The standard InChI is InChI=1S/C8H7N5O4S3/c9-20(16,17)8-11-10-7(18-8)12-19-6-3-1-5(2-4-6)13(14)15/h1-4H,(H,10,12)(H2,9,16,17). The van der Waals surface area contributed by atoms with Gasteiger partial charge in [0.15, 0.2) is 0 Å². The SMILES string of the molecule is NS(=O)(=O)c1nnc(NSc2ccc([N+](=O)[O-])cc2)s1. The topological polar surface area (TPSA) is 141 Å². The van der Waals surface area contributed by atoms with Gasteiger partial charge in [-0.1, -0.05) is 11.3 Å². The van der Waals surface area contributed by atoms with Gasteiger partial charge in [-0.05, 0) is 24.1 Å². The van der Waals surface area contributed by atoms with Crippen LogP contribution < -0.4 is 9.86 Å². The van der Waals surface area contributed by atoms with Gasteiger partial charge in [-0.3, -0.25) is 10.1 Å². The highest BCUT2D eigenvalue weighted by Crippen LogP contribution is 2.26. The fourth-order valence-electron chi connectivity index (χ4n) is 1.10. The summed E-state index contributed by atoms with van der Waals surface area (Å²) in [6.07, 6.45) is 0. The van der Waals surface area contributed by atoms with Crippen molar-refractivity contribution in [1.82, 2.24) is 10.2 Å². The summed E-state index contributed by atoms with van der Waals surface area (Å²) in [7, 11) is -3.86. The smallest absolute Gasteiger partial charge is 0.269 e. The van der Waals surface area contributed by atoms with E-state index in [4.69, 9.17) is 5.14 Å². The molecular formula is C8H7N5O4S3. The average Bonchev–Trinajstić information content (AvgIpc) is 2.85. The average molecular weight is 333 g/mol. The van der Waals surface area contributed by atoms with Crippen molar-refractivity contribution >= 4 is 44.1 Å². The van der Waals surface area contributed by atoms with Crippen molar-refractivity contribution in [2.45, 2.75) is 9.24 Å². The highest BCUT2D eigenvalue weighted by molar-refractivity contribution is 8.00. The maximum absolute atomic E-state index is 11.0. The highest BCUT2D eigenvalue weighted by Gasteiger charge is 2.15. The highest BCUT2D eigenvalue weighted by atomic mass is 32.2. The summed E-state index contributed by atoms with van der Waals surface area (Å²) in [4.78, 5) is 10.7. The first-order chi connectivity index (χ1) is 9.36. The summed E-state index contributed by atoms with van der Waals surface area (Å²) >= 11 is 1.91. The third-order valence-electron chi connectivity index (χ3n) is 1.95. The number of non-ortho nitro benzene ring substituents is 1. The van der Waals surface area contributed by atoms with Crippen LogP contribution >= 0.6 is 23.3 Å². The van der Waals surface area contributed by atoms with Crippen LogP contribution in [-0.2, 0) is 10.0 Å². The lowest BCUT2D eigenvalue weighted by Gasteiger charge is -2.00. The largest absolute Gasteiger partial charge is 0.300 e. The molecule has 0 radical (unpaired) electrons. The lowest BCUT2D eigenvalue weighted by atomic mass is 10.3. The molecule has 20 heavy (non-hydrogen) atoms. The first kappa shape index (κ1) is 14.6. The second kappa shape index (κ2) is 5.70. The van der Waals surface area contributed by atoms with E-state index in [1.54, 1.807) is 12.1 Å². The molecule has 0 unspecified atom stereocenters. The molecule has 1 aromatic carbocycles. The number of nitrogens with zero attached hydrogens (tertiary/aromatic N) is 3. The van der Waals surface area contributed by atoms with Crippen molar-refractivity contribution in [1.29, 1.82) is 0 Å². The number of nitro benzene ring substituents is 1. The minimum atomic E-state index is -3.86. The Balaban J connectivity index is 2.02. The van der Waals surface area contributed by atoms with Crippen molar-refractivity contribution in [2.75, 3.05) is 4.72 Å². The van der Waals surface area contributed by atoms with Crippen LogP contribution in [0.3, 0.4) is 0 Å². The van der Waals surface area contributed by atoms with E-state index in [0.29, 0.717) is 4.90 Å². The maximum atomic E-state index is 11.0. The van der Waals surface area contributed by atoms with E-state index in [-0.39, 0.29) is 15.2 Å². The van der Waals surface area contributed by atoms with Crippen LogP contribution in [0.1, 0.15) is 0 Å². The van der Waals surface area contributed by atoms with E-state index in [2.05, 4.69) is 14.9 Å². The van der Waals surface area contributed by atoms with Gasteiger partial charge in [0, 0.05) is 17.0 Å². The number of nitrogens with two attached hydrogens (primary N) is 1. The van der Waals surface area contributed by atoms with E-state index in [0.717, 1.165) is 23.3 Å². The molecule has 0 amide bonds. The number of benzene rings is 1. The van der Waals surface area contributed by atoms with E-state index in [1.807, 2.05) is 0 Å². The molecule has 0 aliphatic rings. The molecule has 0 aliphatic heterocycles. The van der Waals surface area contributed by atoms with E-state index >= 15 is 0 Å². The Labute approximate surface area is 121 Å². The molecule has 0 saturated carbocycles. The van der Waals surface area contributed by atoms with Crippen molar-refractivity contribution in [2.24, 2.45) is 5.14 Å². The number of aromatic nitrogens is 2. The molecule has 12 heteroatoms. The van der Waals surface area contributed by atoms with E-state index < -0.39 is 14.9 Å². The van der Waals surface area contributed by atoms with Crippen molar-refractivity contribution in [3.05, 3.63) is 34.4 Å². The summed E-state index contributed by atoms with van der Waals surface area (Å²) < 4.78 is 24.5. The first-order valence-corrected chi connectivity index (χ1v) is 8.08. The molecule has 9 nitrogen and oxygen atoms in total. The number of rotatable bonds is 5. The van der Waals surface area contributed by atoms with Gasteiger partial charge in [0.1, 0.15) is 0 Å². The summed E-state index contributed by atoms with van der Waals surface area (Å²) in [6.45, 7) is 0. The molecule has 0 saturated heterocycles. The van der Waals surface area contributed by atoms with Gasteiger partial charge in [0.2, 0.25) is 9.47 Å². The minimum absolute atomic E-state index is 0.0122. The molecule has 0 aliphatic carbocycles. The van der Waals surface area contributed by atoms with Gasteiger partial charge in [0.25, 0.3) is 15.7 Å². The molecule has 1 heterocycles. The van der Waals surface area contributed by atoms with Crippen LogP contribution in [0.25, 0.3) is 0 Å². The number of sulfonamides is 1. The number of primary sulfonamides is 1. The second-order valence-electron chi connectivity index (χ2n) is 3.37. The molecule has 1 aromatic heterocycles. The zero-order valence-corrected chi connectivity index (χ0v) is 12.0. The number of hydrogen-bond donors (Lipinski definition) is 2. The van der Waals surface area contributed by atoms with E-state index in [9.17, 15) is 18.5 Å². The summed E-state index contributed by atoms with van der Waals surface area (Å²) in [5.41, 5.74) is -0.0122. The van der Waals surface area contributed by atoms with Gasteiger partial charge < -0.3 is 4.72 Å². The predicted octanol–water partition coefficient (Wildman–Crippen LogP) is 1.21. The molecule has 0 bridgehead atoms. The predicted molar refractivity (Wildman–Crippen MR) is 73.9 cm³/mol. The lowest BCUT2D eigenvalue weighted by Crippen LogP contribution is -2.11. The van der Waals surface area contributed by atoms with Crippen molar-refractivity contribution in [3.63, 3.8) is 0 Å². The summed E-state index contributed by atoms with van der Waals surface area (Å²) in [5.74, 6) is 0. The molecule has 0 spiro atoms. The van der Waals surface area contributed by atoms with Crippen molar-refractivity contribution < 1.29 is 13.3 Å². The molecule has 0 atom stereocenters. The molecule has 0 fully saturated rings. The van der Waals surface area contributed by atoms with Gasteiger partial charge >= 0.3 is 0 Å².